The van der Waals surface area contributed by atoms with E-state index in [9.17, 15) is 72.5 Å². The standard InChI is InChI=1S/C67H98N18O16/c1-36(2)29-48(60(94)77-45(20-13-27-73-67(70)71)58(92)80-49(30-39-15-7-6-8-16-39)61(95)83-51(66(100)101)32-41-34-72-35-75-41)81-63(97)52-21-14-28-85(52)65(99)47(19-11-12-26-68)79-59(93)46(23-25-54(88)89)78-62(96)50(31-40-33-74-44-18-10-9-17-42(40)44)82-64(98)55(37(3)4)84-56(90)38(5)76-57(91)43(69)22-24-53(86)87/h6-10,15-18,33-38,43,45-52,55,74H,11-14,19-32,68-69H2,1-5H3,(H,72,75)(H,76,91)(H,77,94)(H,78,96)(H,79,93)(H,80,92)(H,81,97)(H,82,98)(H,83,95)(H,84,90)(H,86,87)(H,88,89)(H,100,101)(H4,70,71,73)/t38-,43-,45-,46-,47-,48-,49-,50-,51-,52-,55-/m0/s1. The number of hydrogen-bond donors (Lipinski definition) is 18. The molecule has 34 nitrogen and oxygen atoms in total. The maximum absolute atomic E-state index is 15.0. The number of hydrogen-bond acceptors (Lipinski definition) is 17. The Balaban J connectivity index is 1.38. The summed E-state index contributed by atoms with van der Waals surface area (Å²) in [6.45, 7) is 8.32. The third-order valence-electron chi connectivity index (χ3n) is 16.8. The second-order valence-corrected chi connectivity index (χ2v) is 25.8. The quantitative estimate of drug-likeness (QED) is 0.0134. The van der Waals surface area contributed by atoms with E-state index in [0.717, 1.165) is 0 Å². The second-order valence-electron chi connectivity index (χ2n) is 25.8. The number of amides is 10. The van der Waals surface area contributed by atoms with Crippen LogP contribution in [0.4, 0.5) is 0 Å². The number of nitrogens with zero attached hydrogens (tertiary/aromatic N) is 3. The number of rotatable bonds is 43. The lowest BCUT2D eigenvalue weighted by Crippen LogP contribution is -2.61. The molecule has 0 bridgehead atoms. The first-order valence-corrected chi connectivity index (χ1v) is 33.7. The zero-order valence-corrected chi connectivity index (χ0v) is 57.5. The van der Waals surface area contributed by atoms with E-state index in [4.69, 9.17) is 28.0 Å². The van der Waals surface area contributed by atoms with Gasteiger partial charge in [0.25, 0.3) is 0 Å². The molecule has 4 aromatic rings. The molecule has 2 aromatic carbocycles. The van der Waals surface area contributed by atoms with Crippen LogP contribution in [0.2, 0.25) is 0 Å². The summed E-state index contributed by atoms with van der Waals surface area (Å²) in [5.74, 6) is -13.5. The number of aliphatic carboxylic acids is 3. The number of benzene rings is 2. The number of nitrogens with one attached hydrogen (secondary N) is 11. The first-order chi connectivity index (χ1) is 48.0. The molecule has 1 aliphatic rings. The van der Waals surface area contributed by atoms with Crippen LogP contribution >= 0.6 is 0 Å². The molecule has 552 valence electrons. The van der Waals surface area contributed by atoms with Crippen molar-refractivity contribution in [3.63, 3.8) is 0 Å². The second kappa shape index (κ2) is 40.5. The lowest BCUT2D eigenvalue weighted by Gasteiger charge is -2.31. The third-order valence-corrected chi connectivity index (χ3v) is 16.8. The maximum Gasteiger partial charge on any atom is 0.326 e. The van der Waals surface area contributed by atoms with Crippen molar-refractivity contribution >= 4 is 93.8 Å². The van der Waals surface area contributed by atoms with Gasteiger partial charge in [-0.15, -0.1) is 0 Å². The summed E-state index contributed by atoms with van der Waals surface area (Å²) in [6, 6.07) is 0.411. The molecule has 0 spiro atoms. The fourth-order valence-electron chi connectivity index (χ4n) is 11.4. The molecule has 1 aliphatic heterocycles. The molecule has 101 heavy (non-hydrogen) atoms. The summed E-state index contributed by atoms with van der Waals surface area (Å²) < 4.78 is 0. The molecule has 3 heterocycles. The minimum atomic E-state index is -1.67. The number of H-pyrrole nitrogens is 2. The molecule has 0 unspecified atom stereocenters. The number of para-hydroxylation sites is 1. The van der Waals surface area contributed by atoms with Crippen LogP contribution in [-0.2, 0) is 81.6 Å². The van der Waals surface area contributed by atoms with Gasteiger partial charge in [-0.3, -0.25) is 62.5 Å². The topological polar surface area (TPSA) is 555 Å². The molecule has 0 saturated carbocycles. The number of carbonyl (C=O) groups excluding carboxylic acids is 10. The fraction of sp³-hybridized carbons (Fsp3) is 0.537. The normalized spacial score (nSPS) is 15.7. The zero-order chi connectivity index (χ0) is 74.5. The number of imidazole rings is 1. The van der Waals surface area contributed by atoms with Crippen LogP contribution in [0.3, 0.4) is 0 Å². The van der Waals surface area contributed by atoms with Crippen LogP contribution in [0.1, 0.15) is 128 Å². The molecular weight excluding hydrogens is 1310 g/mol. The Labute approximate surface area is 584 Å². The van der Waals surface area contributed by atoms with Crippen LogP contribution in [0.5, 0.6) is 0 Å². The van der Waals surface area contributed by atoms with E-state index >= 15 is 0 Å². The Kier molecular flexibility index (Phi) is 32.6. The average molecular weight is 1410 g/mol. The fourth-order valence-corrected chi connectivity index (χ4v) is 11.4. The van der Waals surface area contributed by atoms with E-state index in [1.54, 1.807) is 88.5 Å². The molecule has 34 heteroatoms. The monoisotopic (exact) mass is 1410 g/mol. The summed E-state index contributed by atoms with van der Waals surface area (Å²) in [7, 11) is 0. The molecule has 5 rings (SSSR count). The van der Waals surface area contributed by atoms with Gasteiger partial charge in [-0.1, -0.05) is 76.2 Å². The van der Waals surface area contributed by atoms with E-state index in [0.29, 0.717) is 40.6 Å². The highest BCUT2D eigenvalue weighted by molar-refractivity contribution is 6.00. The Hall–Kier alpha value is -10.5. The number of aliphatic imine (C=N–C) groups is 1. The largest absolute Gasteiger partial charge is 0.481 e. The van der Waals surface area contributed by atoms with Gasteiger partial charge in [0, 0.05) is 74.2 Å². The van der Waals surface area contributed by atoms with E-state index < -0.39 is 169 Å². The molecule has 22 N–H and O–H groups in total. The number of aromatic amines is 2. The van der Waals surface area contributed by atoms with Crippen LogP contribution in [0.25, 0.3) is 10.9 Å². The molecule has 10 amide bonds. The molecule has 0 radical (unpaired) electrons. The van der Waals surface area contributed by atoms with Crippen molar-refractivity contribution in [1.29, 1.82) is 0 Å². The summed E-state index contributed by atoms with van der Waals surface area (Å²) in [5, 5.41) is 53.4. The number of carboxylic acids is 3. The third kappa shape index (κ3) is 26.6. The number of carbonyl (C=O) groups is 13. The zero-order valence-electron chi connectivity index (χ0n) is 57.5. The molecule has 0 aliphatic carbocycles. The highest BCUT2D eigenvalue weighted by atomic mass is 16.4. The van der Waals surface area contributed by atoms with Gasteiger partial charge in [0.05, 0.1) is 12.4 Å². The SMILES string of the molecule is CC(C)C[C@H](NC(=O)[C@@H]1CCCN1C(=O)[C@H](CCCCN)NC(=O)[C@H](CCC(=O)O)NC(=O)[C@H](Cc1c[nH]c2ccccc12)NC(=O)[C@@H](NC(=O)[C@H](C)NC(=O)[C@@H](N)CCC(=O)O)C(C)C)C(=O)N[C@@H](CCCN=C(N)N)C(=O)N[C@@H](Cc1ccccc1)C(=O)N[C@@H](Cc1cnc[nH]1)C(=O)O. The van der Waals surface area contributed by atoms with E-state index in [1.807, 2.05) is 0 Å². The maximum atomic E-state index is 15.0. The van der Waals surface area contributed by atoms with Gasteiger partial charge in [0.15, 0.2) is 5.96 Å². The highest BCUT2D eigenvalue weighted by Crippen LogP contribution is 2.23. The predicted octanol–water partition coefficient (Wildman–Crippen LogP) is -1.68. The van der Waals surface area contributed by atoms with Crippen molar-refractivity contribution in [2.24, 2.45) is 39.8 Å². The molecule has 11 atom stereocenters. The van der Waals surface area contributed by atoms with Gasteiger partial charge in [0.1, 0.15) is 60.4 Å². The number of carboxylic acid groups (broad SMARTS) is 3. The van der Waals surface area contributed by atoms with E-state index in [2.05, 4.69) is 67.8 Å². The smallest absolute Gasteiger partial charge is 0.326 e. The summed E-state index contributed by atoms with van der Waals surface area (Å²) in [5.41, 5.74) is 25.1. The number of guanidine groups is 1. The Morgan fingerprint density at radius 2 is 1.17 bits per heavy atom. The predicted molar refractivity (Wildman–Crippen MR) is 369 cm³/mol. The number of likely N-dealkylation sites (tertiary alicyclic amines) is 1. The number of unbranched alkanes of at least 4 members (excludes halogenated alkanes) is 1. The Morgan fingerprint density at radius 1 is 0.594 bits per heavy atom. The summed E-state index contributed by atoms with van der Waals surface area (Å²) >= 11 is 0. The molecular formula is C67H98N18O16. The Bertz CT molecular complexity index is 3510. The van der Waals surface area contributed by atoms with Crippen molar-refractivity contribution in [3.8, 4) is 0 Å². The van der Waals surface area contributed by atoms with Gasteiger partial charge in [-0.05, 0) is 107 Å². The van der Waals surface area contributed by atoms with Crippen LogP contribution in [-0.4, -0.2) is 204 Å². The van der Waals surface area contributed by atoms with Crippen LogP contribution in [0, 0.1) is 11.8 Å². The van der Waals surface area contributed by atoms with Crippen molar-refractivity contribution in [2.75, 3.05) is 19.6 Å². The van der Waals surface area contributed by atoms with Crippen molar-refractivity contribution in [2.45, 2.75) is 197 Å². The van der Waals surface area contributed by atoms with Gasteiger partial charge in [0.2, 0.25) is 59.1 Å². The number of aromatic nitrogens is 3. The van der Waals surface area contributed by atoms with E-state index in [-0.39, 0.29) is 95.7 Å². The minimum absolute atomic E-state index is 0.00982. The van der Waals surface area contributed by atoms with E-state index in [1.165, 1.54) is 24.3 Å². The lowest BCUT2D eigenvalue weighted by atomic mass is 9.99. The number of nitrogens with two attached hydrogens (primary N) is 4. The van der Waals surface area contributed by atoms with Gasteiger partial charge in [-0.2, -0.15) is 0 Å². The highest BCUT2D eigenvalue weighted by Gasteiger charge is 2.41. The molecule has 1 saturated heterocycles. The lowest BCUT2D eigenvalue weighted by molar-refractivity contribution is -0.143. The first kappa shape index (κ1) is 81.2. The van der Waals surface area contributed by atoms with Gasteiger partial charge >= 0.3 is 17.9 Å². The van der Waals surface area contributed by atoms with Crippen molar-refractivity contribution in [3.05, 3.63) is 90.1 Å². The number of fused-ring (bicyclic) bond motifs is 1. The summed E-state index contributed by atoms with van der Waals surface area (Å²) in [6.07, 6.45) is 3.12. The first-order valence-electron chi connectivity index (χ1n) is 33.7. The minimum Gasteiger partial charge on any atom is -0.481 e. The van der Waals surface area contributed by atoms with Crippen LogP contribution in [0.15, 0.2) is 78.3 Å². The van der Waals surface area contributed by atoms with Crippen molar-refractivity contribution < 1.29 is 77.6 Å². The van der Waals surface area contributed by atoms with Crippen molar-refractivity contribution in [1.82, 2.24) is 67.7 Å². The average Bonchev–Trinajstić information content (AvgIpc) is 1.74. The summed E-state index contributed by atoms with van der Waals surface area (Å²) in [4.78, 5) is 194. The van der Waals surface area contributed by atoms with Gasteiger partial charge < -0.3 is 101 Å². The Morgan fingerprint density at radius 3 is 1.78 bits per heavy atom. The molecule has 1 fully saturated rings. The van der Waals surface area contributed by atoms with Crippen LogP contribution < -0.4 is 70.8 Å². The van der Waals surface area contributed by atoms with Gasteiger partial charge in [-0.25, -0.2) is 9.78 Å². The molecule has 2 aromatic heterocycles.